The van der Waals surface area contributed by atoms with Crippen molar-refractivity contribution in [3.05, 3.63) is 54.1 Å². The maximum atomic E-state index is 2.33. The average Bonchev–Trinajstić information content (AvgIpc) is 2.46. The van der Waals surface area contributed by atoms with Gasteiger partial charge in [0.25, 0.3) is 0 Å². The highest BCUT2D eigenvalue weighted by Gasteiger charge is 1.95. The Hall–Kier alpha value is -1.56. The molecular formula is C19H24. The first-order valence-corrected chi connectivity index (χ1v) is 7.56. The minimum Gasteiger partial charge on any atom is -0.0839 e. The fraction of sp³-hybridized carbons (Fsp3) is 0.368. The zero-order valence-electron chi connectivity index (χ0n) is 11.9. The number of fused-ring (bicyclic) bond motifs is 1. The van der Waals surface area contributed by atoms with Gasteiger partial charge in [-0.25, -0.2) is 0 Å². The predicted molar refractivity (Wildman–Crippen MR) is 86.4 cm³/mol. The van der Waals surface area contributed by atoms with Crippen molar-refractivity contribution < 1.29 is 0 Å². The second kappa shape index (κ2) is 7.78. The topological polar surface area (TPSA) is 0 Å². The summed E-state index contributed by atoms with van der Waals surface area (Å²) in [5.41, 5.74) is 1.34. The highest BCUT2D eigenvalue weighted by Crippen LogP contribution is 2.20. The van der Waals surface area contributed by atoms with E-state index in [1.54, 1.807) is 0 Å². The van der Waals surface area contributed by atoms with Crippen molar-refractivity contribution in [2.24, 2.45) is 0 Å². The van der Waals surface area contributed by atoms with E-state index in [4.69, 9.17) is 0 Å². The molecule has 0 amide bonds. The summed E-state index contributed by atoms with van der Waals surface area (Å²) in [7, 11) is 0. The zero-order valence-corrected chi connectivity index (χ0v) is 11.9. The van der Waals surface area contributed by atoms with Gasteiger partial charge in [-0.1, -0.05) is 87.2 Å². The first-order chi connectivity index (χ1) is 9.42. The lowest BCUT2D eigenvalue weighted by Gasteiger charge is -2.01. The van der Waals surface area contributed by atoms with Gasteiger partial charge < -0.3 is 0 Å². The van der Waals surface area contributed by atoms with Crippen LogP contribution in [-0.4, -0.2) is 0 Å². The molecule has 2 aromatic rings. The molecule has 0 aliphatic heterocycles. The highest BCUT2D eigenvalue weighted by atomic mass is 14.0. The molecule has 0 saturated heterocycles. The molecule has 0 heterocycles. The third kappa shape index (κ3) is 4.24. The Morgan fingerprint density at radius 3 is 2.53 bits per heavy atom. The monoisotopic (exact) mass is 252 g/mol. The van der Waals surface area contributed by atoms with Crippen molar-refractivity contribution in [1.29, 1.82) is 0 Å². The fourth-order valence-corrected chi connectivity index (χ4v) is 2.47. The Kier molecular flexibility index (Phi) is 5.68. The van der Waals surface area contributed by atoms with Crippen LogP contribution < -0.4 is 0 Å². The minimum absolute atomic E-state index is 1.20. The van der Waals surface area contributed by atoms with E-state index in [0.29, 0.717) is 0 Å². The van der Waals surface area contributed by atoms with Gasteiger partial charge in [-0.05, 0) is 29.2 Å². The smallest absolute Gasteiger partial charge is 0.0112 e. The summed E-state index contributed by atoms with van der Waals surface area (Å²) in [6.45, 7) is 2.26. The molecule has 0 radical (unpaired) electrons. The van der Waals surface area contributed by atoms with Crippen LogP contribution in [0.3, 0.4) is 0 Å². The van der Waals surface area contributed by atoms with Crippen LogP contribution in [0, 0.1) is 0 Å². The van der Waals surface area contributed by atoms with Crippen molar-refractivity contribution in [3.63, 3.8) is 0 Å². The lowest BCUT2D eigenvalue weighted by atomic mass is 10.0. The van der Waals surface area contributed by atoms with Gasteiger partial charge in [-0.2, -0.15) is 0 Å². The molecule has 0 heteroatoms. The molecule has 0 atom stereocenters. The maximum Gasteiger partial charge on any atom is -0.0112 e. The molecular weight excluding hydrogens is 228 g/mol. The number of allylic oxidation sites excluding steroid dienone is 1. The van der Waals surface area contributed by atoms with E-state index in [9.17, 15) is 0 Å². The molecule has 0 aliphatic carbocycles. The fourth-order valence-electron chi connectivity index (χ4n) is 2.47. The third-order valence-electron chi connectivity index (χ3n) is 3.60. The molecule has 0 aromatic heterocycles. The van der Waals surface area contributed by atoms with Crippen LogP contribution in [0.4, 0.5) is 0 Å². The van der Waals surface area contributed by atoms with E-state index in [2.05, 4.69) is 61.5 Å². The molecule has 0 spiro atoms. The Morgan fingerprint density at radius 1 is 0.842 bits per heavy atom. The van der Waals surface area contributed by atoms with Gasteiger partial charge in [0.1, 0.15) is 0 Å². The SMILES string of the molecule is CCCCCCC/C=C\c1cccc2ccccc12. The number of hydrogen-bond donors (Lipinski definition) is 0. The molecule has 0 nitrogen and oxygen atoms in total. The van der Waals surface area contributed by atoms with Crippen molar-refractivity contribution in [2.75, 3.05) is 0 Å². The molecule has 0 saturated carbocycles. The van der Waals surface area contributed by atoms with Crippen LogP contribution in [0.2, 0.25) is 0 Å². The number of benzene rings is 2. The van der Waals surface area contributed by atoms with E-state index >= 15 is 0 Å². The van der Waals surface area contributed by atoms with E-state index in [0.717, 1.165) is 0 Å². The molecule has 0 unspecified atom stereocenters. The number of unbranched alkanes of at least 4 members (excludes halogenated alkanes) is 5. The van der Waals surface area contributed by atoms with Gasteiger partial charge in [0.15, 0.2) is 0 Å². The van der Waals surface area contributed by atoms with Crippen LogP contribution in [0.15, 0.2) is 48.5 Å². The summed E-state index contributed by atoms with van der Waals surface area (Å²) in [6, 6.07) is 15.1. The van der Waals surface area contributed by atoms with Crippen molar-refractivity contribution >= 4 is 16.8 Å². The number of rotatable bonds is 7. The first-order valence-electron chi connectivity index (χ1n) is 7.56. The Balaban J connectivity index is 1.90. The quantitative estimate of drug-likeness (QED) is 0.514. The van der Waals surface area contributed by atoms with E-state index in [1.165, 1.54) is 54.9 Å². The van der Waals surface area contributed by atoms with Crippen molar-refractivity contribution in [2.45, 2.75) is 45.4 Å². The van der Waals surface area contributed by atoms with Crippen molar-refractivity contribution in [1.82, 2.24) is 0 Å². The normalized spacial score (nSPS) is 11.4. The second-order valence-electron chi connectivity index (χ2n) is 5.17. The summed E-state index contributed by atoms with van der Waals surface area (Å²) in [5.74, 6) is 0. The molecule has 0 fully saturated rings. The van der Waals surface area contributed by atoms with Gasteiger partial charge in [0.05, 0.1) is 0 Å². The third-order valence-corrected chi connectivity index (χ3v) is 3.60. The minimum atomic E-state index is 1.20. The Bertz CT molecular complexity index is 517. The van der Waals surface area contributed by atoms with Gasteiger partial charge in [0.2, 0.25) is 0 Å². The van der Waals surface area contributed by atoms with Crippen LogP contribution in [0.1, 0.15) is 51.0 Å². The molecule has 0 N–H and O–H groups in total. The van der Waals surface area contributed by atoms with Gasteiger partial charge in [-0.15, -0.1) is 0 Å². The Morgan fingerprint density at radius 2 is 1.63 bits per heavy atom. The molecule has 2 rings (SSSR count). The van der Waals surface area contributed by atoms with Crippen LogP contribution in [-0.2, 0) is 0 Å². The van der Waals surface area contributed by atoms with Crippen molar-refractivity contribution in [3.8, 4) is 0 Å². The zero-order chi connectivity index (χ0) is 13.3. The highest BCUT2D eigenvalue weighted by molar-refractivity contribution is 5.90. The van der Waals surface area contributed by atoms with Gasteiger partial charge in [0, 0.05) is 0 Å². The summed E-state index contributed by atoms with van der Waals surface area (Å²) >= 11 is 0. The first kappa shape index (κ1) is 13.9. The number of hydrogen-bond acceptors (Lipinski definition) is 0. The molecule has 100 valence electrons. The van der Waals surface area contributed by atoms with E-state index in [-0.39, 0.29) is 0 Å². The molecule has 2 aromatic carbocycles. The lowest BCUT2D eigenvalue weighted by Crippen LogP contribution is -1.78. The van der Waals surface area contributed by atoms with Crippen LogP contribution in [0.25, 0.3) is 16.8 Å². The molecule has 0 bridgehead atoms. The predicted octanol–water partition coefficient (Wildman–Crippen LogP) is 6.21. The van der Waals surface area contributed by atoms with Crippen LogP contribution in [0.5, 0.6) is 0 Å². The lowest BCUT2D eigenvalue weighted by molar-refractivity contribution is 0.638. The standard InChI is InChI=1S/C19H24/c1-2-3-4-5-6-7-8-12-17-14-11-15-18-13-9-10-16-19(17)18/h8-16H,2-7H2,1H3/b12-8-. The van der Waals surface area contributed by atoms with Crippen LogP contribution >= 0.6 is 0 Å². The largest absolute Gasteiger partial charge is 0.0839 e. The van der Waals surface area contributed by atoms with E-state index in [1.807, 2.05) is 0 Å². The summed E-state index contributed by atoms with van der Waals surface area (Å²) in [5, 5.41) is 2.68. The Labute approximate surface area is 117 Å². The second-order valence-corrected chi connectivity index (χ2v) is 5.17. The summed E-state index contributed by atoms with van der Waals surface area (Å²) in [4.78, 5) is 0. The average molecular weight is 252 g/mol. The maximum absolute atomic E-state index is 2.33. The molecule has 19 heavy (non-hydrogen) atoms. The summed E-state index contributed by atoms with van der Waals surface area (Å²) in [6.07, 6.45) is 12.6. The summed E-state index contributed by atoms with van der Waals surface area (Å²) < 4.78 is 0. The molecule has 0 aliphatic rings. The van der Waals surface area contributed by atoms with Gasteiger partial charge in [-0.3, -0.25) is 0 Å². The van der Waals surface area contributed by atoms with E-state index < -0.39 is 0 Å². The van der Waals surface area contributed by atoms with Gasteiger partial charge >= 0.3 is 0 Å².